The molecule has 4 heteroatoms. The fourth-order valence-corrected chi connectivity index (χ4v) is 3.27. The Morgan fingerprint density at radius 2 is 2.11 bits per heavy atom. The molecule has 1 amide bonds. The molecule has 1 aromatic rings. The van der Waals surface area contributed by atoms with E-state index in [1.165, 1.54) is 32.1 Å². The molecule has 0 saturated heterocycles. The number of halogens is 1. The maximum atomic E-state index is 12.0. The summed E-state index contributed by atoms with van der Waals surface area (Å²) < 4.78 is 0. The Morgan fingerprint density at radius 3 is 2.72 bits per heavy atom. The Hall–Kier alpha value is -0.900. The Balaban J connectivity index is 1.92. The molecule has 1 aromatic heterocycles. The van der Waals surface area contributed by atoms with Gasteiger partial charge in [0.05, 0.1) is 0 Å². The van der Waals surface area contributed by atoms with Crippen molar-refractivity contribution in [2.45, 2.75) is 32.1 Å². The quantitative estimate of drug-likeness (QED) is 0.868. The van der Waals surface area contributed by atoms with Gasteiger partial charge in [0.2, 0.25) is 0 Å². The molecule has 0 radical (unpaired) electrons. The molecular formula is C14H19BrN2O. The Morgan fingerprint density at radius 1 is 1.33 bits per heavy atom. The summed E-state index contributed by atoms with van der Waals surface area (Å²) in [5.74, 6) is -0.0681. The molecule has 0 aromatic carbocycles. The van der Waals surface area contributed by atoms with Gasteiger partial charge in [-0.05, 0) is 30.4 Å². The van der Waals surface area contributed by atoms with Gasteiger partial charge < -0.3 is 5.32 Å². The maximum absolute atomic E-state index is 12.0. The molecular weight excluding hydrogens is 292 g/mol. The van der Waals surface area contributed by atoms with E-state index in [9.17, 15) is 4.79 Å². The SMILES string of the molecule is O=C(NCC1(CBr)CCCCC1)c1ccccn1. The lowest BCUT2D eigenvalue weighted by molar-refractivity contribution is 0.0917. The van der Waals surface area contributed by atoms with Gasteiger partial charge >= 0.3 is 0 Å². The second-order valence-electron chi connectivity index (χ2n) is 5.09. The Kier molecular flexibility index (Phi) is 4.75. The van der Waals surface area contributed by atoms with Gasteiger partial charge in [0.25, 0.3) is 5.91 Å². The van der Waals surface area contributed by atoms with Crippen LogP contribution in [0.1, 0.15) is 42.6 Å². The lowest BCUT2D eigenvalue weighted by Crippen LogP contribution is -2.40. The summed E-state index contributed by atoms with van der Waals surface area (Å²) in [5, 5.41) is 3.99. The topological polar surface area (TPSA) is 42.0 Å². The highest BCUT2D eigenvalue weighted by atomic mass is 79.9. The van der Waals surface area contributed by atoms with Crippen molar-refractivity contribution in [1.29, 1.82) is 0 Å². The highest BCUT2D eigenvalue weighted by Crippen LogP contribution is 2.37. The lowest BCUT2D eigenvalue weighted by atomic mass is 9.75. The van der Waals surface area contributed by atoms with Crippen LogP contribution in [-0.2, 0) is 0 Å². The number of nitrogens with one attached hydrogen (secondary N) is 1. The van der Waals surface area contributed by atoms with Gasteiger partial charge in [0.1, 0.15) is 5.69 Å². The molecule has 0 aliphatic heterocycles. The van der Waals surface area contributed by atoms with E-state index in [0.717, 1.165) is 11.9 Å². The largest absolute Gasteiger partial charge is 0.350 e. The molecule has 1 saturated carbocycles. The van der Waals surface area contributed by atoms with Gasteiger partial charge in [-0.2, -0.15) is 0 Å². The van der Waals surface area contributed by atoms with Crippen molar-refractivity contribution >= 4 is 21.8 Å². The van der Waals surface area contributed by atoms with Crippen LogP contribution in [0.4, 0.5) is 0 Å². The summed E-state index contributed by atoms with van der Waals surface area (Å²) >= 11 is 3.61. The second-order valence-corrected chi connectivity index (χ2v) is 5.65. The van der Waals surface area contributed by atoms with E-state index in [2.05, 4.69) is 26.2 Å². The Bertz CT molecular complexity index is 388. The van der Waals surface area contributed by atoms with Crippen LogP contribution in [0.5, 0.6) is 0 Å². The van der Waals surface area contributed by atoms with E-state index in [1.807, 2.05) is 12.1 Å². The van der Waals surface area contributed by atoms with E-state index in [1.54, 1.807) is 12.3 Å². The third-order valence-corrected chi connectivity index (χ3v) is 4.91. The predicted molar refractivity (Wildman–Crippen MR) is 75.9 cm³/mol. The molecule has 1 aliphatic rings. The molecule has 1 N–H and O–H groups in total. The van der Waals surface area contributed by atoms with Crippen molar-refractivity contribution in [3.05, 3.63) is 30.1 Å². The predicted octanol–water partition coefficient (Wildman–Crippen LogP) is 3.16. The number of carbonyl (C=O) groups excluding carboxylic acids is 1. The van der Waals surface area contributed by atoms with Gasteiger partial charge in [0, 0.05) is 18.1 Å². The lowest BCUT2D eigenvalue weighted by Gasteiger charge is -2.35. The normalized spacial score (nSPS) is 18.3. The number of hydrogen-bond donors (Lipinski definition) is 1. The summed E-state index contributed by atoms with van der Waals surface area (Å²) in [4.78, 5) is 16.0. The minimum Gasteiger partial charge on any atom is -0.350 e. The molecule has 1 aliphatic carbocycles. The molecule has 0 bridgehead atoms. The van der Waals surface area contributed by atoms with Crippen LogP contribution in [0.3, 0.4) is 0 Å². The standard InChI is InChI=1S/C14H19BrN2O/c15-10-14(7-3-1-4-8-14)11-17-13(18)12-6-2-5-9-16-12/h2,5-6,9H,1,3-4,7-8,10-11H2,(H,17,18). The molecule has 0 atom stereocenters. The van der Waals surface area contributed by atoms with E-state index in [0.29, 0.717) is 5.69 Å². The molecule has 1 fully saturated rings. The summed E-state index contributed by atoms with van der Waals surface area (Å²) in [7, 11) is 0. The molecule has 2 rings (SSSR count). The van der Waals surface area contributed by atoms with Crippen LogP contribution >= 0.6 is 15.9 Å². The third-order valence-electron chi connectivity index (χ3n) is 3.72. The van der Waals surface area contributed by atoms with Crippen LogP contribution in [0, 0.1) is 5.41 Å². The van der Waals surface area contributed by atoms with Gasteiger partial charge in [-0.1, -0.05) is 41.3 Å². The second kappa shape index (κ2) is 6.32. The van der Waals surface area contributed by atoms with Crippen molar-refractivity contribution in [2.75, 3.05) is 11.9 Å². The first-order chi connectivity index (χ1) is 8.76. The van der Waals surface area contributed by atoms with Crippen molar-refractivity contribution in [1.82, 2.24) is 10.3 Å². The smallest absolute Gasteiger partial charge is 0.269 e. The number of carbonyl (C=O) groups is 1. The van der Waals surface area contributed by atoms with Crippen LogP contribution in [0.2, 0.25) is 0 Å². The number of pyridine rings is 1. The first-order valence-corrected chi connectivity index (χ1v) is 7.63. The van der Waals surface area contributed by atoms with E-state index in [-0.39, 0.29) is 11.3 Å². The maximum Gasteiger partial charge on any atom is 0.269 e. The summed E-state index contributed by atoms with van der Waals surface area (Å²) in [5.41, 5.74) is 0.737. The van der Waals surface area contributed by atoms with Crippen molar-refractivity contribution in [2.24, 2.45) is 5.41 Å². The number of alkyl halides is 1. The van der Waals surface area contributed by atoms with Crippen molar-refractivity contribution in [3.63, 3.8) is 0 Å². The summed E-state index contributed by atoms with van der Waals surface area (Å²) in [6.45, 7) is 0.744. The highest BCUT2D eigenvalue weighted by Gasteiger charge is 2.31. The van der Waals surface area contributed by atoms with Crippen molar-refractivity contribution < 1.29 is 4.79 Å². The minimum atomic E-state index is -0.0681. The number of nitrogens with zero attached hydrogens (tertiary/aromatic N) is 1. The zero-order valence-electron chi connectivity index (χ0n) is 10.5. The monoisotopic (exact) mass is 310 g/mol. The van der Waals surface area contributed by atoms with Gasteiger partial charge in [0.15, 0.2) is 0 Å². The number of amides is 1. The van der Waals surface area contributed by atoms with Gasteiger partial charge in [-0.15, -0.1) is 0 Å². The summed E-state index contributed by atoms with van der Waals surface area (Å²) in [6.07, 6.45) is 7.90. The van der Waals surface area contributed by atoms with Crippen molar-refractivity contribution in [3.8, 4) is 0 Å². The van der Waals surface area contributed by atoms with Crippen LogP contribution in [0.15, 0.2) is 24.4 Å². The fourth-order valence-electron chi connectivity index (χ4n) is 2.51. The van der Waals surface area contributed by atoms with Gasteiger partial charge in [-0.3, -0.25) is 9.78 Å². The molecule has 3 nitrogen and oxygen atoms in total. The number of hydrogen-bond acceptors (Lipinski definition) is 2. The van der Waals surface area contributed by atoms with Crippen LogP contribution in [0.25, 0.3) is 0 Å². The molecule has 0 unspecified atom stereocenters. The first-order valence-electron chi connectivity index (χ1n) is 6.51. The average molecular weight is 311 g/mol. The third kappa shape index (κ3) is 3.31. The molecule has 0 spiro atoms. The van der Waals surface area contributed by atoms with E-state index >= 15 is 0 Å². The van der Waals surface area contributed by atoms with Crippen LogP contribution < -0.4 is 5.32 Å². The number of rotatable bonds is 4. The first kappa shape index (κ1) is 13.5. The zero-order valence-corrected chi connectivity index (χ0v) is 12.1. The minimum absolute atomic E-state index is 0.0681. The average Bonchev–Trinajstić information content (AvgIpc) is 2.47. The van der Waals surface area contributed by atoms with E-state index in [4.69, 9.17) is 0 Å². The molecule has 18 heavy (non-hydrogen) atoms. The van der Waals surface area contributed by atoms with Crippen LogP contribution in [-0.4, -0.2) is 22.8 Å². The summed E-state index contributed by atoms with van der Waals surface area (Å²) in [6, 6.07) is 5.40. The Labute approximate surface area is 117 Å². The number of aromatic nitrogens is 1. The fraction of sp³-hybridized carbons (Fsp3) is 0.571. The highest BCUT2D eigenvalue weighted by molar-refractivity contribution is 9.09. The van der Waals surface area contributed by atoms with E-state index < -0.39 is 0 Å². The van der Waals surface area contributed by atoms with Gasteiger partial charge in [-0.25, -0.2) is 0 Å². The zero-order chi connectivity index (χ0) is 12.8. The molecule has 98 valence electrons. The molecule has 1 heterocycles.